The number of hydrogen-bond donors (Lipinski definition) is 1. The Balaban J connectivity index is 1.85. The van der Waals surface area contributed by atoms with Gasteiger partial charge in [-0.15, -0.1) is 0 Å². The first-order chi connectivity index (χ1) is 16.0. The number of carbonyl (C=O) groups excluding carboxylic acids is 1. The third-order valence-electron chi connectivity index (χ3n) is 5.98. The Labute approximate surface area is 194 Å². The molecule has 1 aliphatic rings. The van der Waals surface area contributed by atoms with Crippen LogP contribution in [0.2, 0.25) is 0 Å². The van der Waals surface area contributed by atoms with Crippen LogP contribution in [0.1, 0.15) is 35.1 Å². The molecular weight excluding hydrogens is 460 g/mol. The Kier molecular flexibility index (Phi) is 8.25. The minimum atomic E-state index is -4.99. The fraction of sp³-hybridized carbons (Fsp3) is 0.458. The monoisotopic (exact) mass is 487 g/mol. The van der Waals surface area contributed by atoms with E-state index in [-0.39, 0.29) is 18.2 Å². The normalized spacial score (nSPS) is 16.9. The van der Waals surface area contributed by atoms with Gasteiger partial charge in [0.15, 0.2) is 0 Å². The molecule has 10 heteroatoms. The Bertz CT molecular complexity index is 921. The van der Waals surface area contributed by atoms with E-state index in [2.05, 4.69) is 22.0 Å². The van der Waals surface area contributed by atoms with Crippen molar-refractivity contribution in [1.29, 1.82) is 0 Å². The van der Waals surface area contributed by atoms with Crippen molar-refractivity contribution in [2.45, 2.75) is 25.2 Å². The fourth-order valence-corrected chi connectivity index (χ4v) is 4.05. The van der Waals surface area contributed by atoms with Gasteiger partial charge in [0.2, 0.25) is 5.91 Å². The summed E-state index contributed by atoms with van der Waals surface area (Å²) >= 11 is 0. The molecule has 0 spiro atoms. The first kappa shape index (κ1) is 26.0. The van der Waals surface area contributed by atoms with Crippen molar-refractivity contribution in [3.63, 3.8) is 0 Å². The molecule has 1 fully saturated rings. The van der Waals surface area contributed by atoms with Crippen LogP contribution >= 0.6 is 0 Å². The van der Waals surface area contributed by atoms with Gasteiger partial charge in [-0.2, -0.15) is 26.3 Å². The molecule has 1 N–H and O–H groups in total. The van der Waals surface area contributed by atoms with E-state index in [9.17, 15) is 31.1 Å². The highest BCUT2D eigenvalue weighted by atomic mass is 19.4. The van der Waals surface area contributed by atoms with E-state index in [0.717, 1.165) is 32.7 Å². The van der Waals surface area contributed by atoms with Crippen molar-refractivity contribution >= 4 is 5.91 Å². The van der Waals surface area contributed by atoms with Crippen LogP contribution in [0.25, 0.3) is 0 Å². The van der Waals surface area contributed by atoms with Crippen molar-refractivity contribution in [2.75, 3.05) is 45.8 Å². The summed E-state index contributed by atoms with van der Waals surface area (Å²) in [5.41, 5.74) is -2.94. The van der Waals surface area contributed by atoms with Gasteiger partial charge in [-0.25, -0.2) is 0 Å². The van der Waals surface area contributed by atoms with Crippen molar-refractivity contribution in [3.8, 4) is 0 Å². The average molecular weight is 487 g/mol. The van der Waals surface area contributed by atoms with Crippen molar-refractivity contribution in [2.24, 2.45) is 0 Å². The van der Waals surface area contributed by atoms with E-state index in [1.54, 1.807) is 18.2 Å². The molecule has 0 aromatic heterocycles. The van der Waals surface area contributed by atoms with Gasteiger partial charge < -0.3 is 10.2 Å². The second kappa shape index (κ2) is 10.8. The predicted octanol–water partition coefficient (Wildman–Crippen LogP) is 4.61. The van der Waals surface area contributed by atoms with Crippen LogP contribution in [-0.4, -0.2) is 61.5 Å². The van der Waals surface area contributed by atoms with Crippen LogP contribution < -0.4 is 5.32 Å². The minimum Gasteiger partial charge on any atom is -0.354 e. The third kappa shape index (κ3) is 6.73. The van der Waals surface area contributed by atoms with Gasteiger partial charge in [-0.1, -0.05) is 37.3 Å². The summed E-state index contributed by atoms with van der Waals surface area (Å²) in [6, 6.07) is 9.17. The summed E-state index contributed by atoms with van der Waals surface area (Å²) in [5.74, 6) is -1.97. The van der Waals surface area contributed by atoms with E-state index >= 15 is 0 Å². The molecule has 34 heavy (non-hydrogen) atoms. The number of likely N-dealkylation sites (N-methyl/N-ethyl adjacent to an activating group) is 1. The molecule has 3 rings (SSSR count). The van der Waals surface area contributed by atoms with Crippen LogP contribution in [0.5, 0.6) is 0 Å². The van der Waals surface area contributed by atoms with E-state index < -0.39 is 35.3 Å². The number of nitrogens with zero attached hydrogens (tertiary/aromatic N) is 2. The van der Waals surface area contributed by atoms with E-state index in [4.69, 9.17) is 0 Å². The number of rotatable bonds is 7. The standard InChI is InChI=1S/C24H27F6N3O/c1-2-32-10-12-33(13-11-32)9-8-31-22(34)21(17-6-4-3-5-7-17)18-14-19(23(25,26)27)16-20(15-18)24(28,29)30/h3-7,14-16,21H,2,8-13H2,1H3,(H,31,34). The zero-order valence-electron chi connectivity index (χ0n) is 18.7. The molecule has 1 heterocycles. The van der Waals surface area contributed by atoms with Gasteiger partial charge >= 0.3 is 12.4 Å². The van der Waals surface area contributed by atoms with Gasteiger partial charge in [0.25, 0.3) is 0 Å². The SMILES string of the molecule is CCN1CCN(CCNC(=O)C(c2ccccc2)c2cc(C(F)(F)F)cc(C(F)(F)F)c2)CC1. The number of nitrogens with one attached hydrogen (secondary N) is 1. The maximum absolute atomic E-state index is 13.4. The number of alkyl halides is 6. The molecule has 0 aliphatic carbocycles. The Morgan fingerprint density at radius 1 is 0.853 bits per heavy atom. The quantitative estimate of drug-likeness (QED) is 0.580. The van der Waals surface area contributed by atoms with Gasteiger partial charge in [0, 0.05) is 39.3 Å². The highest BCUT2D eigenvalue weighted by Gasteiger charge is 2.38. The zero-order chi connectivity index (χ0) is 24.9. The summed E-state index contributed by atoms with van der Waals surface area (Å²) in [6.07, 6.45) is -9.98. The number of hydrogen-bond acceptors (Lipinski definition) is 3. The van der Waals surface area contributed by atoms with Crippen LogP contribution in [0.15, 0.2) is 48.5 Å². The number of amides is 1. The summed E-state index contributed by atoms with van der Waals surface area (Å²) in [4.78, 5) is 17.6. The van der Waals surface area contributed by atoms with Gasteiger partial charge in [0.05, 0.1) is 17.0 Å². The van der Waals surface area contributed by atoms with E-state index in [0.29, 0.717) is 24.2 Å². The molecule has 1 aliphatic heterocycles. The first-order valence-electron chi connectivity index (χ1n) is 11.1. The lowest BCUT2D eigenvalue weighted by Crippen LogP contribution is -2.48. The Morgan fingerprint density at radius 3 is 1.88 bits per heavy atom. The summed E-state index contributed by atoms with van der Waals surface area (Å²) < 4.78 is 80.3. The van der Waals surface area contributed by atoms with E-state index in [1.807, 2.05) is 0 Å². The maximum Gasteiger partial charge on any atom is 0.416 e. The molecule has 4 nitrogen and oxygen atoms in total. The summed E-state index contributed by atoms with van der Waals surface area (Å²) in [7, 11) is 0. The Morgan fingerprint density at radius 2 is 1.38 bits per heavy atom. The fourth-order valence-electron chi connectivity index (χ4n) is 4.05. The first-order valence-corrected chi connectivity index (χ1v) is 11.1. The molecule has 1 saturated heterocycles. The second-order valence-electron chi connectivity index (χ2n) is 8.25. The second-order valence-corrected chi connectivity index (χ2v) is 8.25. The molecule has 2 aromatic rings. The van der Waals surface area contributed by atoms with Crippen molar-refractivity contribution in [3.05, 3.63) is 70.8 Å². The van der Waals surface area contributed by atoms with Crippen LogP contribution in [0.4, 0.5) is 26.3 Å². The lowest BCUT2D eigenvalue weighted by Gasteiger charge is -2.34. The van der Waals surface area contributed by atoms with Crippen molar-refractivity contribution < 1.29 is 31.1 Å². The lowest BCUT2D eigenvalue weighted by molar-refractivity contribution is -0.143. The number of piperazine rings is 1. The molecule has 1 amide bonds. The van der Waals surface area contributed by atoms with Crippen LogP contribution in [-0.2, 0) is 17.1 Å². The predicted molar refractivity (Wildman–Crippen MR) is 116 cm³/mol. The van der Waals surface area contributed by atoms with Gasteiger partial charge in [-0.05, 0) is 35.9 Å². The molecule has 1 atom stereocenters. The molecule has 0 saturated carbocycles. The Hall–Kier alpha value is -2.59. The van der Waals surface area contributed by atoms with Crippen LogP contribution in [0, 0.1) is 0 Å². The molecular formula is C24H27F6N3O. The highest BCUT2D eigenvalue weighted by molar-refractivity contribution is 5.87. The zero-order valence-corrected chi connectivity index (χ0v) is 18.7. The molecule has 186 valence electrons. The number of carbonyl (C=O) groups is 1. The highest BCUT2D eigenvalue weighted by Crippen LogP contribution is 2.39. The van der Waals surface area contributed by atoms with E-state index in [1.165, 1.54) is 12.1 Å². The molecule has 0 bridgehead atoms. The largest absolute Gasteiger partial charge is 0.416 e. The minimum absolute atomic E-state index is 0.0689. The third-order valence-corrected chi connectivity index (χ3v) is 5.98. The summed E-state index contributed by atoms with van der Waals surface area (Å²) in [6.45, 7) is 7.28. The smallest absolute Gasteiger partial charge is 0.354 e. The molecule has 0 radical (unpaired) electrons. The summed E-state index contributed by atoms with van der Waals surface area (Å²) in [5, 5.41) is 2.71. The average Bonchev–Trinajstić information content (AvgIpc) is 2.79. The maximum atomic E-state index is 13.4. The topological polar surface area (TPSA) is 35.6 Å². The molecule has 2 aromatic carbocycles. The van der Waals surface area contributed by atoms with Gasteiger partial charge in [0.1, 0.15) is 0 Å². The molecule has 1 unspecified atom stereocenters. The number of halogens is 6. The van der Waals surface area contributed by atoms with Crippen molar-refractivity contribution in [1.82, 2.24) is 15.1 Å². The van der Waals surface area contributed by atoms with Crippen LogP contribution in [0.3, 0.4) is 0 Å². The van der Waals surface area contributed by atoms with Gasteiger partial charge in [-0.3, -0.25) is 9.69 Å². The number of benzene rings is 2. The lowest BCUT2D eigenvalue weighted by atomic mass is 9.88.